The number of rotatable bonds is 7. The van der Waals surface area contributed by atoms with Gasteiger partial charge in [0, 0.05) is 5.75 Å². The van der Waals surface area contributed by atoms with Crippen molar-refractivity contribution >= 4 is 45.7 Å². The van der Waals surface area contributed by atoms with Gasteiger partial charge in [0.1, 0.15) is 5.75 Å². The molecule has 8 heteroatoms. The minimum atomic E-state index is -0.701. The quantitative estimate of drug-likeness (QED) is 0.464. The highest BCUT2D eigenvalue weighted by Gasteiger charge is 2.18. The number of para-hydroxylation sites is 1. The summed E-state index contributed by atoms with van der Waals surface area (Å²) >= 11 is 8.81. The first kappa shape index (κ1) is 16.8. The van der Waals surface area contributed by atoms with Crippen molar-refractivity contribution in [2.45, 2.75) is 17.4 Å². The van der Waals surface area contributed by atoms with Crippen LogP contribution in [0.1, 0.15) is 6.92 Å². The molecule has 1 atom stereocenters. The molecule has 0 saturated heterocycles. The third-order valence-electron chi connectivity index (χ3n) is 2.47. The number of amides is 1. The molecule has 2 aromatic rings. The maximum atomic E-state index is 12.1. The average molecular weight is 356 g/mol. The van der Waals surface area contributed by atoms with Crippen LogP contribution < -0.4 is 10.1 Å². The number of carbonyl (C=O) groups is 1. The number of thioether (sulfide) groups is 1. The predicted octanol–water partition coefficient (Wildman–Crippen LogP) is 3.88. The number of anilines is 1. The maximum Gasteiger partial charge on any atom is 0.266 e. The molecular weight excluding hydrogens is 342 g/mol. The molecule has 1 N–H and O–H groups in total. The molecule has 0 spiro atoms. The second-order valence-electron chi connectivity index (χ2n) is 4.15. The number of carbonyl (C=O) groups excluding carboxylic acids is 1. The molecule has 0 bridgehead atoms. The number of nitrogens with zero attached hydrogens (tertiary/aromatic N) is 2. The minimum Gasteiger partial charge on any atom is -0.479 e. The Hall–Kier alpha value is -1.57. The van der Waals surface area contributed by atoms with Crippen LogP contribution in [0.15, 0.2) is 41.3 Å². The summed E-state index contributed by atoms with van der Waals surface area (Å²) < 4.78 is 6.32. The minimum absolute atomic E-state index is 0.309. The number of aromatic nitrogens is 2. The summed E-state index contributed by atoms with van der Waals surface area (Å²) in [5, 5.41) is 11.5. The molecule has 0 aliphatic rings. The summed E-state index contributed by atoms with van der Waals surface area (Å²) in [6.45, 7) is 5.29. The van der Waals surface area contributed by atoms with Crippen LogP contribution in [0.3, 0.4) is 0 Å². The van der Waals surface area contributed by atoms with Crippen LogP contribution in [0, 0.1) is 0 Å². The smallest absolute Gasteiger partial charge is 0.266 e. The summed E-state index contributed by atoms with van der Waals surface area (Å²) in [4.78, 5) is 12.1. The summed E-state index contributed by atoms with van der Waals surface area (Å²) in [5.74, 6) is 0.900. The third kappa shape index (κ3) is 4.72. The van der Waals surface area contributed by atoms with Crippen molar-refractivity contribution in [1.29, 1.82) is 0 Å². The number of ether oxygens (including phenoxy) is 1. The molecule has 0 saturated carbocycles. The molecule has 0 radical (unpaired) electrons. The lowest BCUT2D eigenvalue weighted by molar-refractivity contribution is -0.122. The lowest BCUT2D eigenvalue weighted by atomic mass is 10.3. The van der Waals surface area contributed by atoms with E-state index in [1.807, 2.05) is 0 Å². The first-order valence-electron chi connectivity index (χ1n) is 6.39. The van der Waals surface area contributed by atoms with Crippen LogP contribution in [0.4, 0.5) is 5.13 Å². The normalized spacial score (nSPS) is 11.7. The van der Waals surface area contributed by atoms with Crippen LogP contribution >= 0.6 is 34.7 Å². The molecule has 116 valence electrons. The van der Waals surface area contributed by atoms with Gasteiger partial charge in [-0.3, -0.25) is 10.1 Å². The van der Waals surface area contributed by atoms with E-state index >= 15 is 0 Å². The van der Waals surface area contributed by atoms with E-state index in [4.69, 9.17) is 16.3 Å². The van der Waals surface area contributed by atoms with Crippen LogP contribution in [-0.2, 0) is 4.79 Å². The molecular formula is C14H14ClN3O2S2. The Morgan fingerprint density at radius 3 is 3.05 bits per heavy atom. The molecule has 0 aliphatic heterocycles. The zero-order valence-electron chi connectivity index (χ0n) is 11.8. The van der Waals surface area contributed by atoms with Gasteiger partial charge in [-0.05, 0) is 19.1 Å². The SMILES string of the molecule is C=CCSc1nnc(NC(=O)C(C)Oc2ccccc2Cl)s1. The number of halogens is 1. The average Bonchev–Trinajstić information content (AvgIpc) is 2.94. The van der Waals surface area contributed by atoms with Crippen molar-refractivity contribution in [3.8, 4) is 5.75 Å². The zero-order chi connectivity index (χ0) is 15.9. The van der Waals surface area contributed by atoms with Crippen molar-refractivity contribution in [3.63, 3.8) is 0 Å². The molecule has 1 unspecified atom stereocenters. The number of benzene rings is 1. The second kappa shape index (κ2) is 8.17. The first-order chi connectivity index (χ1) is 10.6. The predicted molar refractivity (Wildman–Crippen MR) is 91.0 cm³/mol. The Bertz CT molecular complexity index is 663. The van der Waals surface area contributed by atoms with Crippen LogP contribution in [0.2, 0.25) is 5.02 Å². The molecule has 0 fully saturated rings. The van der Waals surface area contributed by atoms with Crippen LogP contribution in [-0.4, -0.2) is 28.0 Å². The van der Waals surface area contributed by atoms with E-state index in [0.29, 0.717) is 15.9 Å². The summed E-state index contributed by atoms with van der Waals surface area (Å²) in [6.07, 6.45) is 1.08. The Morgan fingerprint density at radius 1 is 1.55 bits per heavy atom. The maximum absolute atomic E-state index is 12.1. The first-order valence-corrected chi connectivity index (χ1v) is 8.57. The molecule has 1 aromatic carbocycles. The molecule has 22 heavy (non-hydrogen) atoms. The lowest BCUT2D eigenvalue weighted by Crippen LogP contribution is -2.30. The highest BCUT2D eigenvalue weighted by molar-refractivity contribution is 8.01. The Kier molecular flexibility index (Phi) is 6.23. The highest BCUT2D eigenvalue weighted by Crippen LogP contribution is 2.26. The van der Waals surface area contributed by atoms with E-state index in [9.17, 15) is 4.79 Å². The summed E-state index contributed by atoms with van der Waals surface area (Å²) in [7, 11) is 0. The molecule has 2 rings (SSSR count). The largest absolute Gasteiger partial charge is 0.479 e. The van der Waals surface area contributed by atoms with Crippen molar-refractivity contribution < 1.29 is 9.53 Å². The van der Waals surface area contributed by atoms with Gasteiger partial charge in [-0.15, -0.1) is 16.8 Å². The molecule has 0 aliphatic carbocycles. The fourth-order valence-corrected chi connectivity index (χ4v) is 3.14. The van der Waals surface area contributed by atoms with E-state index in [0.717, 1.165) is 10.1 Å². The standard InChI is InChI=1S/C14H14ClN3O2S2/c1-3-8-21-14-18-17-13(22-14)16-12(19)9(2)20-11-7-5-4-6-10(11)15/h3-7,9H,1,8H2,2H3,(H,16,17,19). The third-order valence-corrected chi connectivity index (χ3v) is 4.75. The van der Waals surface area contributed by atoms with Gasteiger partial charge in [0.15, 0.2) is 10.4 Å². The van der Waals surface area contributed by atoms with Crippen molar-refractivity contribution in [2.24, 2.45) is 0 Å². The number of hydrogen-bond acceptors (Lipinski definition) is 6. The number of nitrogens with one attached hydrogen (secondary N) is 1. The van der Waals surface area contributed by atoms with E-state index in [2.05, 4.69) is 22.1 Å². The molecule has 1 amide bonds. The highest BCUT2D eigenvalue weighted by atomic mass is 35.5. The molecule has 1 aromatic heterocycles. The molecule has 5 nitrogen and oxygen atoms in total. The van der Waals surface area contributed by atoms with Gasteiger partial charge in [0.25, 0.3) is 5.91 Å². The van der Waals surface area contributed by atoms with Gasteiger partial charge in [0.05, 0.1) is 5.02 Å². The topological polar surface area (TPSA) is 64.1 Å². The van der Waals surface area contributed by atoms with Gasteiger partial charge in [-0.25, -0.2) is 0 Å². The van der Waals surface area contributed by atoms with Crippen LogP contribution in [0.5, 0.6) is 5.75 Å². The fourth-order valence-electron chi connectivity index (χ4n) is 1.44. The van der Waals surface area contributed by atoms with E-state index in [1.54, 1.807) is 37.3 Å². The Balaban J connectivity index is 1.92. The Morgan fingerprint density at radius 2 is 2.32 bits per heavy atom. The fraction of sp³-hybridized carbons (Fsp3) is 0.214. The zero-order valence-corrected chi connectivity index (χ0v) is 14.2. The summed E-state index contributed by atoms with van der Waals surface area (Å²) in [6, 6.07) is 7.00. The van der Waals surface area contributed by atoms with Gasteiger partial charge in [0.2, 0.25) is 5.13 Å². The van der Waals surface area contributed by atoms with Crippen LogP contribution in [0.25, 0.3) is 0 Å². The van der Waals surface area contributed by atoms with Gasteiger partial charge < -0.3 is 4.74 Å². The van der Waals surface area contributed by atoms with Gasteiger partial charge in [-0.1, -0.05) is 52.9 Å². The van der Waals surface area contributed by atoms with E-state index in [1.165, 1.54) is 23.1 Å². The molecule has 1 heterocycles. The van der Waals surface area contributed by atoms with Gasteiger partial charge >= 0.3 is 0 Å². The van der Waals surface area contributed by atoms with E-state index in [-0.39, 0.29) is 5.91 Å². The van der Waals surface area contributed by atoms with Crippen molar-refractivity contribution in [3.05, 3.63) is 41.9 Å². The van der Waals surface area contributed by atoms with Crippen molar-refractivity contribution in [1.82, 2.24) is 10.2 Å². The van der Waals surface area contributed by atoms with E-state index < -0.39 is 6.10 Å². The van der Waals surface area contributed by atoms with Crippen molar-refractivity contribution in [2.75, 3.05) is 11.1 Å². The summed E-state index contributed by atoms with van der Waals surface area (Å²) in [5.41, 5.74) is 0. The number of hydrogen-bond donors (Lipinski definition) is 1. The van der Waals surface area contributed by atoms with Gasteiger partial charge in [-0.2, -0.15) is 0 Å². The monoisotopic (exact) mass is 355 g/mol. The Labute approximate surface area is 141 Å². The second-order valence-corrected chi connectivity index (χ2v) is 6.80. The lowest BCUT2D eigenvalue weighted by Gasteiger charge is -2.14.